The molecule has 1 atom stereocenters. The van der Waals surface area contributed by atoms with E-state index in [9.17, 15) is 14.2 Å². The van der Waals surface area contributed by atoms with Gasteiger partial charge in [0.2, 0.25) is 18.2 Å². The molecule has 0 saturated heterocycles. The van der Waals surface area contributed by atoms with Gasteiger partial charge in [-0.3, -0.25) is 9.59 Å². The van der Waals surface area contributed by atoms with Crippen LogP contribution in [0.5, 0.6) is 11.5 Å². The second-order valence-corrected chi connectivity index (χ2v) is 9.84. The second-order valence-electron chi connectivity index (χ2n) is 7.29. The predicted molar refractivity (Wildman–Crippen MR) is 123 cm³/mol. The van der Waals surface area contributed by atoms with E-state index in [1.54, 1.807) is 68.4 Å². The standard InChI is InChI=1S/C25H25O5P/c1-16-14-15-17(2)22(18(16)3)24(26)31(28,19-10-7-6-8-11-19)25(27)23-20(29-4)12-9-13-21(23)30-5/h6-15H,1-5H3. The first kappa shape index (κ1) is 22.5. The molecular formula is C25H25O5P. The van der Waals surface area contributed by atoms with Gasteiger partial charge in [0.1, 0.15) is 17.1 Å². The van der Waals surface area contributed by atoms with E-state index in [-0.39, 0.29) is 22.4 Å². The minimum atomic E-state index is -4.29. The highest BCUT2D eigenvalue weighted by molar-refractivity contribution is 8.01. The number of benzene rings is 3. The third-order valence-electron chi connectivity index (χ3n) is 5.49. The van der Waals surface area contributed by atoms with Crippen molar-refractivity contribution >= 4 is 23.5 Å². The lowest BCUT2D eigenvalue weighted by atomic mass is 9.99. The topological polar surface area (TPSA) is 69.7 Å². The van der Waals surface area contributed by atoms with E-state index < -0.39 is 18.2 Å². The van der Waals surface area contributed by atoms with Gasteiger partial charge in [-0.05, 0) is 49.6 Å². The molecule has 0 aromatic heterocycles. The lowest BCUT2D eigenvalue weighted by Gasteiger charge is -2.21. The summed E-state index contributed by atoms with van der Waals surface area (Å²) in [5.41, 5.74) is 1.08. The zero-order valence-electron chi connectivity index (χ0n) is 18.3. The van der Waals surface area contributed by atoms with Crippen LogP contribution in [0.15, 0.2) is 60.7 Å². The summed E-state index contributed by atoms with van der Waals surface area (Å²) in [5.74, 6) is 0.400. The molecule has 3 aromatic carbocycles. The fourth-order valence-electron chi connectivity index (χ4n) is 3.62. The van der Waals surface area contributed by atoms with Crippen LogP contribution >= 0.6 is 7.14 Å². The predicted octanol–water partition coefficient (Wildman–Crippen LogP) is 5.30. The molecule has 0 heterocycles. The fourth-order valence-corrected chi connectivity index (χ4v) is 6.06. The fraction of sp³-hybridized carbons (Fsp3) is 0.200. The molecule has 0 N–H and O–H groups in total. The molecule has 0 bridgehead atoms. The third-order valence-corrected chi connectivity index (χ3v) is 8.11. The van der Waals surface area contributed by atoms with Crippen LogP contribution in [0, 0.1) is 20.8 Å². The summed E-state index contributed by atoms with van der Waals surface area (Å²) >= 11 is 0. The SMILES string of the molecule is COc1cccc(OC)c1C(=O)P(=O)(C(=O)c1c(C)ccc(C)c1C)c1ccccc1. The third kappa shape index (κ3) is 3.82. The quantitative estimate of drug-likeness (QED) is 0.470. The normalized spacial score (nSPS) is 12.7. The Bertz CT molecular complexity index is 1180. The molecule has 1 unspecified atom stereocenters. The van der Waals surface area contributed by atoms with E-state index in [0.29, 0.717) is 16.7 Å². The Morgan fingerprint density at radius 2 is 1.19 bits per heavy atom. The number of carbonyl (C=O) groups excluding carboxylic acids is 2. The van der Waals surface area contributed by atoms with Crippen LogP contribution < -0.4 is 14.8 Å². The Labute approximate surface area is 182 Å². The van der Waals surface area contributed by atoms with Gasteiger partial charge in [-0.25, -0.2) is 0 Å². The Balaban J connectivity index is 2.34. The summed E-state index contributed by atoms with van der Waals surface area (Å²) in [5, 5.41) is 0.179. The zero-order chi connectivity index (χ0) is 22.8. The monoisotopic (exact) mass is 436 g/mol. The van der Waals surface area contributed by atoms with E-state index in [4.69, 9.17) is 9.47 Å². The minimum Gasteiger partial charge on any atom is -0.496 e. The molecule has 0 fully saturated rings. The van der Waals surface area contributed by atoms with E-state index in [1.165, 1.54) is 14.2 Å². The molecule has 0 saturated carbocycles. The van der Waals surface area contributed by atoms with Gasteiger partial charge in [0.25, 0.3) is 0 Å². The largest absolute Gasteiger partial charge is 0.496 e. The molecule has 160 valence electrons. The highest BCUT2D eigenvalue weighted by Crippen LogP contribution is 2.54. The molecule has 0 aliphatic rings. The van der Waals surface area contributed by atoms with Crippen molar-refractivity contribution in [2.24, 2.45) is 0 Å². The minimum absolute atomic E-state index is 0.00371. The van der Waals surface area contributed by atoms with Crippen molar-refractivity contribution in [2.75, 3.05) is 14.2 Å². The molecule has 6 heteroatoms. The number of rotatable bonds is 7. The van der Waals surface area contributed by atoms with Gasteiger partial charge in [-0.1, -0.05) is 48.5 Å². The Hall–Kier alpha value is -3.17. The molecule has 0 spiro atoms. The van der Waals surface area contributed by atoms with Crippen LogP contribution in [0.3, 0.4) is 0 Å². The van der Waals surface area contributed by atoms with Crippen molar-refractivity contribution < 1.29 is 23.6 Å². The first-order valence-electron chi connectivity index (χ1n) is 9.80. The van der Waals surface area contributed by atoms with Crippen LogP contribution in [-0.4, -0.2) is 25.3 Å². The molecule has 5 nitrogen and oxygen atoms in total. The first-order chi connectivity index (χ1) is 14.8. The summed E-state index contributed by atoms with van der Waals surface area (Å²) in [6, 6.07) is 16.7. The number of hydrogen-bond donors (Lipinski definition) is 0. The van der Waals surface area contributed by atoms with Crippen molar-refractivity contribution in [1.29, 1.82) is 0 Å². The van der Waals surface area contributed by atoms with Crippen LogP contribution in [0.1, 0.15) is 37.4 Å². The number of ether oxygens (including phenoxy) is 2. The molecule has 0 aliphatic heterocycles. The number of hydrogen-bond acceptors (Lipinski definition) is 5. The summed E-state index contributed by atoms with van der Waals surface area (Å²) in [4.78, 5) is 27.8. The maximum atomic E-state index is 14.6. The smallest absolute Gasteiger partial charge is 0.249 e. The van der Waals surface area contributed by atoms with Crippen LogP contribution in [0.25, 0.3) is 0 Å². The van der Waals surface area contributed by atoms with Crippen LogP contribution in [0.2, 0.25) is 0 Å². The number of methoxy groups -OCH3 is 2. The van der Waals surface area contributed by atoms with Gasteiger partial charge in [-0.15, -0.1) is 0 Å². The molecule has 3 rings (SSSR count). The summed E-state index contributed by atoms with van der Waals surface area (Å²) in [6.07, 6.45) is 0. The van der Waals surface area contributed by atoms with Gasteiger partial charge < -0.3 is 14.0 Å². The van der Waals surface area contributed by atoms with Crippen LogP contribution in [0.4, 0.5) is 0 Å². The van der Waals surface area contributed by atoms with Crippen molar-refractivity contribution in [1.82, 2.24) is 0 Å². The first-order valence-corrected chi connectivity index (χ1v) is 11.5. The van der Waals surface area contributed by atoms with Crippen molar-refractivity contribution in [3.8, 4) is 11.5 Å². The molecule has 3 aromatic rings. The molecule has 0 aliphatic carbocycles. The molecular weight excluding hydrogens is 411 g/mol. The van der Waals surface area contributed by atoms with Gasteiger partial charge in [-0.2, -0.15) is 0 Å². The van der Waals surface area contributed by atoms with E-state index >= 15 is 0 Å². The number of carbonyl (C=O) groups is 2. The average Bonchev–Trinajstić information content (AvgIpc) is 2.80. The van der Waals surface area contributed by atoms with Gasteiger partial charge in [0.05, 0.1) is 14.2 Å². The summed E-state index contributed by atoms with van der Waals surface area (Å²) in [6.45, 7) is 5.46. The second kappa shape index (κ2) is 8.91. The lowest BCUT2D eigenvalue weighted by molar-refractivity contribution is 0.103. The zero-order valence-corrected chi connectivity index (χ0v) is 19.2. The summed E-state index contributed by atoms with van der Waals surface area (Å²) in [7, 11) is -1.46. The molecule has 31 heavy (non-hydrogen) atoms. The van der Waals surface area contributed by atoms with E-state index in [0.717, 1.165) is 5.56 Å². The van der Waals surface area contributed by atoms with Crippen molar-refractivity contribution in [3.05, 3.63) is 88.5 Å². The lowest BCUT2D eigenvalue weighted by Crippen LogP contribution is -2.22. The van der Waals surface area contributed by atoms with E-state index in [2.05, 4.69) is 0 Å². The molecule has 0 amide bonds. The maximum Gasteiger partial charge on any atom is 0.249 e. The Morgan fingerprint density at radius 1 is 0.677 bits per heavy atom. The Morgan fingerprint density at radius 3 is 1.74 bits per heavy atom. The summed E-state index contributed by atoms with van der Waals surface area (Å²) < 4.78 is 25.3. The van der Waals surface area contributed by atoms with Gasteiger partial charge in [0.15, 0.2) is 0 Å². The van der Waals surface area contributed by atoms with Crippen molar-refractivity contribution in [2.45, 2.75) is 20.8 Å². The van der Waals surface area contributed by atoms with Crippen LogP contribution in [-0.2, 0) is 4.57 Å². The highest BCUT2D eigenvalue weighted by Gasteiger charge is 2.45. The maximum absolute atomic E-state index is 14.6. The van der Waals surface area contributed by atoms with Gasteiger partial charge >= 0.3 is 0 Å². The number of aryl methyl sites for hydroxylation is 2. The average molecular weight is 436 g/mol. The van der Waals surface area contributed by atoms with E-state index in [1.807, 2.05) is 13.0 Å². The molecule has 0 radical (unpaired) electrons. The van der Waals surface area contributed by atoms with Crippen molar-refractivity contribution in [3.63, 3.8) is 0 Å². The van der Waals surface area contributed by atoms with Gasteiger partial charge in [0, 0.05) is 10.9 Å². The Kier molecular flexibility index (Phi) is 6.47. The highest BCUT2D eigenvalue weighted by atomic mass is 31.2.